The molecule has 0 fully saturated rings. The van der Waals surface area contributed by atoms with E-state index in [0.29, 0.717) is 0 Å². The number of sulfone groups is 1. The van der Waals surface area contributed by atoms with Gasteiger partial charge in [-0.05, 0) is 30.3 Å². The molecule has 0 bridgehead atoms. The third kappa shape index (κ3) is 3.89. The van der Waals surface area contributed by atoms with Crippen molar-refractivity contribution in [2.45, 2.75) is 4.90 Å². The van der Waals surface area contributed by atoms with Gasteiger partial charge in [0.25, 0.3) is 5.91 Å². The molecule has 1 amide bonds. The Morgan fingerprint density at radius 3 is 2.52 bits per heavy atom. The lowest BCUT2D eigenvalue weighted by molar-refractivity contribution is -0.387. The van der Waals surface area contributed by atoms with Crippen LogP contribution in [0, 0.1) is 15.9 Å². The summed E-state index contributed by atoms with van der Waals surface area (Å²) >= 11 is 0. The van der Waals surface area contributed by atoms with Gasteiger partial charge in [-0.25, -0.2) is 8.42 Å². The molecular weight excluding hydrogens is 327 g/mol. The number of nitrogens with zero attached hydrogens (tertiary/aromatic N) is 1. The first kappa shape index (κ1) is 16.6. The highest BCUT2D eigenvalue weighted by atomic mass is 32.2. The second kappa shape index (κ2) is 6.13. The van der Waals surface area contributed by atoms with Crippen molar-refractivity contribution in [2.24, 2.45) is 0 Å². The Morgan fingerprint density at radius 1 is 1.22 bits per heavy atom. The highest BCUT2D eigenvalue weighted by Gasteiger charge is 2.18. The average Bonchev–Trinajstić information content (AvgIpc) is 2.46. The minimum atomic E-state index is -3.44. The molecule has 0 saturated carbocycles. The van der Waals surface area contributed by atoms with Crippen LogP contribution in [-0.2, 0) is 9.84 Å². The molecule has 0 radical (unpaired) electrons. The van der Waals surface area contributed by atoms with Crippen molar-refractivity contribution in [1.82, 2.24) is 0 Å². The number of amides is 1. The molecule has 0 heterocycles. The van der Waals surface area contributed by atoms with E-state index in [2.05, 4.69) is 5.32 Å². The van der Waals surface area contributed by atoms with Gasteiger partial charge in [-0.3, -0.25) is 14.9 Å². The summed E-state index contributed by atoms with van der Waals surface area (Å²) in [6, 6.07) is 8.26. The summed E-state index contributed by atoms with van der Waals surface area (Å²) in [5, 5.41) is 13.1. The molecule has 0 spiro atoms. The van der Waals surface area contributed by atoms with Gasteiger partial charge < -0.3 is 5.32 Å². The Morgan fingerprint density at radius 2 is 1.91 bits per heavy atom. The van der Waals surface area contributed by atoms with Gasteiger partial charge in [0.05, 0.1) is 9.82 Å². The molecule has 23 heavy (non-hydrogen) atoms. The van der Waals surface area contributed by atoms with Crippen LogP contribution < -0.4 is 5.32 Å². The second-order valence-electron chi connectivity index (χ2n) is 4.68. The van der Waals surface area contributed by atoms with Crippen LogP contribution >= 0.6 is 0 Å². The number of carbonyl (C=O) groups is 1. The Hall–Kier alpha value is -2.81. The van der Waals surface area contributed by atoms with Gasteiger partial charge in [0.2, 0.25) is 5.82 Å². The van der Waals surface area contributed by atoms with Crippen LogP contribution in [0.4, 0.5) is 15.8 Å². The first-order chi connectivity index (χ1) is 10.7. The lowest BCUT2D eigenvalue weighted by Gasteiger charge is -2.07. The smallest absolute Gasteiger partial charge is 0.305 e. The van der Waals surface area contributed by atoms with Gasteiger partial charge in [0, 0.05) is 23.6 Å². The van der Waals surface area contributed by atoms with E-state index >= 15 is 0 Å². The highest BCUT2D eigenvalue weighted by molar-refractivity contribution is 7.90. The van der Waals surface area contributed by atoms with Crippen molar-refractivity contribution >= 4 is 27.1 Å². The van der Waals surface area contributed by atoms with E-state index in [0.717, 1.165) is 24.5 Å². The Kier molecular flexibility index (Phi) is 4.41. The number of nitro benzene ring substituents is 1. The van der Waals surface area contributed by atoms with Crippen molar-refractivity contribution in [3.05, 3.63) is 64.0 Å². The molecule has 120 valence electrons. The molecule has 0 aliphatic rings. The molecule has 2 aromatic carbocycles. The molecule has 1 N–H and O–H groups in total. The number of nitrogens with one attached hydrogen (secondary N) is 1. The quantitative estimate of drug-likeness (QED) is 0.680. The fourth-order valence-corrected chi connectivity index (χ4v) is 2.47. The van der Waals surface area contributed by atoms with Gasteiger partial charge in [-0.15, -0.1) is 0 Å². The van der Waals surface area contributed by atoms with Gasteiger partial charge in [0.1, 0.15) is 0 Å². The van der Waals surface area contributed by atoms with Gasteiger partial charge in [0.15, 0.2) is 9.84 Å². The predicted molar refractivity (Wildman–Crippen MR) is 80.6 cm³/mol. The number of nitro groups is 1. The van der Waals surface area contributed by atoms with Gasteiger partial charge >= 0.3 is 5.69 Å². The number of hydrogen-bond acceptors (Lipinski definition) is 5. The zero-order chi connectivity index (χ0) is 17.2. The average molecular weight is 338 g/mol. The number of benzene rings is 2. The topological polar surface area (TPSA) is 106 Å². The maximum absolute atomic E-state index is 13.3. The van der Waals surface area contributed by atoms with E-state index in [1.54, 1.807) is 0 Å². The molecule has 0 aliphatic heterocycles. The molecule has 0 aromatic heterocycles. The molecule has 9 heteroatoms. The number of hydrogen-bond donors (Lipinski definition) is 1. The SMILES string of the molecule is CS(=O)(=O)c1cccc(NC(=O)c2ccc(F)c([N+](=O)[O-])c2)c1. The zero-order valence-corrected chi connectivity index (χ0v) is 12.6. The molecule has 0 saturated heterocycles. The van der Waals surface area contributed by atoms with Crippen LogP contribution in [0.3, 0.4) is 0 Å². The third-order valence-corrected chi connectivity index (χ3v) is 4.04. The predicted octanol–water partition coefficient (Wildman–Crippen LogP) is 2.39. The lowest BCUT2D eigenvalue weighted by atomic mass is 10.1. The summed E-state index contributed by atoms with van der Waals surface area (Å²) in [6.07, 6.45) is 1.03. The van der Waals surface area contributed by atoms with E-state index in [9.17, 15) is 27.7 Å². The molecular formula is C14H11FN2O5S. The second-order valence-corrected chi connectivity index (χ2v) is 6.69. The van der Waals surface area contributed by atoms with Gasteiger partial charge in [-0.2, -0.15) is 4.39 Å². The number of anilines is 1. The Balaban J connectivity index is 2.30. The lowest BCUT2D eigenvalue weighted by Crippen LogP contribution is -2.13. The minimum Gasteiger partial charge on any atom is -0.322 e. The summed E-state index contributed by atoms with van der Waals surface area (Å²) in [5.41, 5.74) is -0.740. The van der Waals surface area contributed by atoms with Crippen molar-refractivity contribution in [3.63, 3.8) is 0 Å². The first-order valence-corrected chi connectivity index (χ1v) is 8.13. The fraction of sp³-hybridized carbons (Fsp3) is 0.0714. The van der Waals surface area contributed by atoms with E-state index in [1.165, 1.54) is 24.3 Å². The normalized spacial score (nSPS) is 11.0. The molecule has 2 rings (SSSR count). The summed E-state index contributed by atoms with van der Waals surface area (Å²) < 4.78 is 36.2. The van der Waals surface area contributed by atoms with Crippen LogP contribution in [0.5, 0.6) is 0 Å². The van der Waals surface area contributed by atoms with Crippen LogP contribution in [0.2, 0.25) is 0 Å². The molecule has 0 aliphatic carbocycles. The standard InChI is InChI=1S/C14H11FN2O5S/c1-23(21,22)11-4-2-3-10(8-11)16-14(18)9-5-6-12(15)13(7-9)17(19)20/h2-8H,1H3,(H,16,18). The van der Waals surface area contributed by atoms with E-state index in [4.69, 9.17) is 0 Å². The third-order valence-electron chi connectivity index (χ3n) is 2.93. The van der Waals surface area contributed by atoms with Crippen molar-refractivity contribution in [1.29, 1.82) is 0 Å². The summed E-state index contributed by atoms with van der Waals surface area (Å²) in [7, 11) is -3.44. The van der Waals surface area contributed by atoms with E-state index in [1.807, 2.05) is 0 Å². The summed E-state index contributed by atoms with van der Waals surface area (Å²) in [6.45, 7) is 0. The van der Waals surface area contributed by atoms with E-state index in [-0.39, 0.29) is 16.1 Å². The molecule has 2 aromatic rings. The van der Waals surface area contributed by atoms with Crippen LogP contribution in [0.25, 0.3) is 0 Å². The maximum atomic E-state index is 13.3. The van der Waals surface area contributed by atoms with Crippen molar-refractivity contribution < 1.29 is 22.5 Å². The number of rotatable bonds is 4. The highest BCUT2D eigenvalue weighted by Crippen LogP contribution is 2.20. The fourth-order valence-electron chi connectivity index (χ4n) is 1.80. The Labute approximate surface area is 130 Å². The van der Waals surface area contributed by atoms with Crippen LogP contribution in [-0.4, -0.2) is 25.5 Å². The summed E-state index contributed by atoms with van der Waals surface area (Å²) in [5.74, 6) is -1.77. The van der Waals surface area contributed by atoms with E-state index < -0.39 is 32.2 Å². The molecule has 0 unspecified atom stereocenters. The Bertz CT molecular complexity index is 896. The van der Waals surface area contributed by atoms with Gasteiger partial charge in [-0.1, -0.05) is 6.07 Å². The zero-order valence-electron chi connectivity index (χ0n) is 11.8. The van der Waals surface area contributed by atoms with Crippen molar-refractivity contribution in [3.8, 4) is 0 Å². The first-order valence-electron chi connectivity index (χ1n) is 6.24. The molecule has 0 atom stereocenters. The minimum absolute atomic E-state index is 0.0142. The van der Waals surface area contributed by atoms with Crippen molar-refractivity contribution in [2.75, 3.05) is 11.6 Å². The van der Waals surface area contributed by atoms with Crippen LogP contribution in [0.15, 0.2) is 47.4 Å². The summed E-state index contributed by atoms with van der Waals surface area (Å²) in [4.78, 5) is 21.8. The number of carbonyl (C=O) groups excluding carboxylic acids is 1. The molecule has 7 nitrogen and oxygen atoms in total. The largest absolute Gasteiger partial charge is 0.322 e. The van der Waals surface area contributed by atoms with Crippen LogP contribution in [0.1, 0.15) is 10.4 Å². The monoisotopic (exact) mass is 338 g/mol. The number of halogens is 1. The maximum Gasteiger partial charge on any atom is 0.305 e.